The van der Waals surface area contributed by atoms with Gasteiger partial charge in [-0.3, -0.25) is 52.9 Å². The van der Waals surface area contributed by atoms with Crippen LogP contribution >= 0.6 is 0 Å². The number of para-hydroxylation sites is 1. The number of hydrogen-bond acceptors (Lipinski definition) is 12. The number of carbonyl (C=O) groups is 10. The molecule has 26 nitrogen and oxygen atoms in total. The molecule has 78 heavy (non-hydrogen) atoms. The molecule has 9 amide bonds. The molecule has 1 aliphatic rings. The number of amides is 9. The predicted molar refractivity (Wildman–Crippen MR) is 287 cm³/mol. The Morgan fingerprint density at radius 1 is 0.756 bits per heavy atom. The van der Waals surface area contributed by atoms with Crippen LogP contribution in [0.15, 0.2) is 78.3 Å². The molecule has 7 atom stereocenters. The number of rotatable bonds is 17. The highest BCUT2D eigenvalue weighted by Gasteiger charge is 2.35. The average Bonchev–Trinajstić information content (AvgIpc) is 4.07. The molecule has 5 rings (SSSR count). The number of aromatic nitrogens is 3. The van der Waals surface area contributed by atoms with E-state index in [9.17, 15) is 43.2 Å². The van der Waals surface area contributed by atoms with Crippen LogP contribution in [0.25, 0.3) is 10.9 Å². The van der Waals surface area contributed by atoms with Crippen molar-refractivity contribution < 1.29 is 53.1 Å². The zero-order chi connectivity index (χ0) is 57.1. The van der Waals surface area contributed by atoms with Crippen LogP contribution in [0.4, 0.5) is 0 Å². The van der Waals surface area contributed by atoms with Crippen molar-refractivity contribution >= 4 is 76.0 Å². The molecular weight excluding hydrogens is 1010 g/mol. The maximum absolute atomic E-state index is 14.7. The number of fused-ring (bicyclic) bond motifs is 1. The fraction of sp³-hybridized carbons (Fsp3) is 0.462. The number of carbonyl (C=O) groups excluding carboxylic acids is 9. The fourth-order valence-corrected chi connectivity index (χ4v) is 8.40. The van der Waals surface area contributed by atoms with Gasteiger partial charge in [-0.25, -0.2) is 4.98 Å². The van der Waals surface area contributed by atoms with E-state index in [-0.39, 0.29) is 76.8 Å². The van der Waals surface area contributed by atoms with E-state index in [0.717, 1.165) is 17.8 Å². The zero-order valence-electron chi connectivity index (χ0n) is 44.0. The van der Waals surface area contributed by atoms with Gasteiger partial charge in [0.15, 0.2) is 5.96 Å². The highest BCUT2D eigenvalue weighted by Crippen LogP contribution is 2.20. The van der Waals surface area contributed by atoms with Crippen LogP contribution in [0.2, 0.25) is 0 Å². The van der Waals surface area contributed by atoms with Crippen LogP contribution in [0.1, 0.15) is 95.4 Å². The first kappa shape index (κ1) is 61.7. The topological polar surface area (TPSA) is 422 Å². The monoisotopic (exact) mass is 1080 g/mol. The molecule has 1 saturated heterocycles. The maximum atomic E-state index is 14.7. The molecule has 4 aromatic rings. The van der Waals surface area contributed by atoms with Crippen molar-refractivity contribution in [2.45, 2.75) is 140 Å². The molecule has 2 unspecified atom stereocenters. The first-order chi connectivity index (χ1) is 37.2. The normalized spacial score (nSPS) is 20.6. The molecule has 0 aliphatic carbocycles. The van der Waals surface area contributed by atoms with Crippen LogP contribution in [-0.4, -0.2) is 141 Å². The second-order valence-electron chi connectivity index (χ2n) is 18.7. The summed E-state index contributed by atoms with van der Waals surface area (Å²) in [5.74, 6) is -7.93. The van der Waals surface area contributed by atoms with Crippen molar-refractivity contribution in [1.82, 2.24) is 57.5 Å². The number of unbranched alkanes of at least 4 members (excludes halogenated alkanes) is 1. The molecule has 0 saturated carbocycles. The number of primary amides is 1. The standard InChI is InChI=1S/C50H69N15O9.C2H4O2/c1-3-4-16-36(59-29(2)66)44(69)65-41-25-42(67)55-20-11-10-18-35(43(51)68)60-47(72)39(23-31-26-57-34-17-9-8-15-33(31)34)63-45(70)37(19-12-21-56-50(52)53)61-46(71)38(22-30-13-6-5-7-14-30)62-48(73)40(64-49(41)74)24-32-27-54-28-58-32;1-2(3)4/h5-9,13-15,17,26-28,35-41,57H,3-4,10-12,16,18-25H2,1-2H3,(H2,51,68)(H,54,58)(H,55,67)(H,59,66)(H,60,72)(H,61,71)(H,62,73)(H,63,70)(H,64,74)(H,65,69)(H4,52,53,56);1H3,(H,3,4)/t35-,36-,37-,38+,39-,40?,41?;/m0./s1. The quantitative estimate of drug-likeness (QED) is 0.0337. The van der Waals surface area contributed by atoms with Crippen molar-refractivity contribution in [2.24, 2.45) is 22.2 Å². The Balaban J connectivity index is 0.00000317. The molecule has 1 aliphatic heterocycles. The van der Waals surface area contributed by atoms with E-state index in [2.05, 4.69) is 62.5 Å². The first-order valence-electron chi connectivity index (χ1n) is 25.7. The lowest BCUT2D eigenvalue weighted by atomic mass is 10.0. The molecule has 17 N–H and O–H groups in total. The molecule has 3 heterocycles. The minimum Gasteiger partial charge on any atom is -0.481 e. The molecule has 2 aromatic carbocycles. The number of benzene rings is 2. The Hall–Kier alpha value is -8.84. The third-order valence-electron chi connectivity index (χ3n) is 12.3. The van der Waals surface area contributed by atoms with E-state index in [0.29, 0.717) is 29.7 Å². The summed E-state index contributed by atoms with van der Waals surface area (Å²) in [7, 11) is 0. The third-order valence-corrected chi connectivity index (χ3v) is 12.3. The van der Waals surface area contributed by atoms with E-state index in [1.807, 2.05) is 31.2 Å². The van der Waals surface area contributed by atoms with Crippen molar-refractivity contribution in [3.05, 3.63) is 90.1 Å². The smallest absolute Gasteiger partial charge is 0.300 e. The molecule has 0 spiro atoms. The van der Waals surface area contributed by atoms with Gasteiger partial charge in [0.05, 0.1) is 12.7 Å². The van der Waals surface area contributed by atoms with Gasteiger partial charge in [-0.15, -0.1) is 0 Å². The Labute approximate surface area is 450 Å². The predicted octanol–water partition coefficient (Wildman–Crippen LogP) is -1.16. The largest absolute Gasteiger partial charge is 0.481 e. The fourth-order valence-electron chi connectivity index (χ4n) is 8.40. The molecule has 26 heteroatoms. The van der Waals surface area contributed by atoms with Gasteiger partial charge in [-0.05, 0) is 55.7 Å². The lowest BCUT2D eigenvalue weighted by molar-refractivity contribution is -0.136. The number of nitrogens with two attached hydrogens (primary N) is 3. The Morgan fingerprint density at radius 3 is 2.01 bits per heavy atom. The highest BCUT2D eigenvalue weighted by molar-refractivity contribution is 5.99. The maximum Gasteiger partial charge on any atom is 0.300 e. The van der Waals surface area contributed by atoms with Gasteiger partial charge >= 0.3 is 0 Å². The summed E-state index contributed by atoms with van der Waals surface area (Å²) in [5.41, 5.74) is 19.4. The summed E-state index contributed by atoms with van der Waals surface area (Å²) in [6.45, 7) is 4.34. The highest BCUT2D eigenvalue weighted by atomic mass is 16.4. The minimum atomic E-state index is -1.58. The molecule has 0 bridgehead atoms. The van der Waals surface area contributed by atoms with Crippen molar-refractivity contribution in [2.75, 3.05) is 13.1 Å². The third kappa shape index (κ3) is 21.4. The molecular formula is C52H73N15O11. The van der Waals surface area contributed by atoms with Crippen molar-refractivity contribution in [3.8, 4) is 0 Å². The van der Waals surface area contributed by atoms with Crippen LogP contribution in [0, 0.1) is 0 Å². The second kappa shape index (κ2) is 31.9. The Morgan fingerprint density at radius 2 is 1.37 bits per heavy atom. The van der Waals surface area contributed by atoms with Gasteiger partial charge in [0.25, 0.3) is 5.97 Å². The number of aliphatic carboxylic acids is 1. The molecule has 0 radical (unpaired) electrons. The number of nitrogens with zero attached hydrogens (tertiary/aromatic N) is 2. The Kier molecular flexibility index (Phi) is 25.2. The molecule has 2 aromatic heterocycles. The summed E-state index contributed by atoms with van der Waals surface area (Å²) in [5, 5.41) is 29.8. The second-order valence-corrected chi connectivity index (χ2v) is 18.7. The number of carboxylic acids is 1. The number of carboxylic acid groups (broad SMARTS) is 1. The summed E-state index contributed by atoms with van der Waals surface area (Å²) in [4.78, 5) is 148. The van der Waals surface area contributed by atoms with Gasteiger partial charge in [0, 0.05) is 75.2 Å². The molecule has 422 valence electrons. The van der Waals surface area contributed by atoms with Gasteiger partial charge < -0.3 is 74.8 Å². The van der Waals surface area contributed by atoms with Crippen LogP contribution in [0.5, 0.6) is 0 Å². The number of aliphatic imine (C=N–C) groups is 1. The van der Waals surface area contributed by atoms with Crippen LogP contribution in [-0.2, 0) is 67.2 Å². The van der Waals surface area contributed by atoms with Gasteiger partial charge in [-0.1, -0.05) is 68.3 Å². The van der Waals surface area contributed by atoms with E-state index < -0.39 is 108 Å². The van der Waals surface area contributed by atoms with E-state index >= 15 is 0 Å². The number of imidazole rings is 1. The van der Waals surface area contributed by atoms with Crippen LogP contribution < -0.4 is 59.7 Å². The van der Waals surface area contributed by atoms with Crippen LogP contribution in [0.3, 0.4) is 0 Å². The van der Waals surface area contributed by atoms with Gasteiger partial charge in [-0.2, -0.15) is 0 Å². The van der Waals surface area contributed by atoms with E-state index in [4.69, 9.17) is 27.1 Å². The first-order valence-corrected chi connectivity index (χ1v) is 25.7. The molecule has 1 fully saturated rings. The number of hydrogen-bond donors (Lipinski definition) is 14. The zero-order valence-corrected chi connectivity index (χ0v) is 44.0. The van der Waals surface area contributed by atoms with Crippen molar-refractivity contribution in [3.63, 3.8) is 0 Å². The summed E-state index contributed by atoms with van der Waals surface area (Å²) < 4.78 is 0. The van der Waals surface area contributed by atoms with E-state index in [1.165, 1.54) is 19.4 Å². The van der Waals surface area contributed by atoms with Gasteiger partial charge in [0.1, 0.15) is 42.3 Å². The number of H-pyrrole nitrogens is 2. The van der Waals surface area contributed by atoms with Crippen molar-refractivity contribution in [1.29, 1.82) is 0 Å². The van der Waals surface area contributed by atoms with E-state index in [1.54, 1.807) is 36.5 Å². The van der Waals surface area contributed by atoms with Gasteiger partial charge in [0.2, 0.25) is 53.2 Å². The number of aromatic amines is 2. The number of nitrogens with one attached hydrogen (secondary N) is 10. The summed E-state index contributed by atoms with van der Waals surface area (Å²) in [6, 6.07) is 6.67. The SMILES string of the molecule is CC(=O)O.CCCC[C@H](NC(C)=O)C(=O)NC1CC(=O)NCCCC[C@@H](C(N)=O)NC(=O)[C@H](Cc2c[nH]c3ccccc23)NC(=O)[C@H](CCCN=C(N)N)NC(=O)[C@@H](Cc2ccccc2)NC(=O)C(Cc2cnc[nH]2)NC1=O. The summed E-state index contributed by atoms with van der Waals surface area (Å²) in [6.07, 6.45) is 5.72. The average molecular weight is 1080 g/mol. The number of guanidine groups is 1. The Bertz CT molecular complexity index is 2690. The summed E-state index contributed by atoms with van der Waals surface area (Å²) >= 11 is 0. The minimum absolute atomic E-state index is 0.0408. The lowest BCUT2D eigenvalue weighted by Gasteiger charge is -2.28. The lowest BCUT2D eigenvalue weighted by Crippen LogP contribution is -2.61.